The number of aryl methyl sites for hydroxylation is 1. The van der Waals surface area contributed by atoms with Gasteiger partial charge < -0.3 is 10.3 Å². The molecule has 0 saturated heterocycles. The molecule has 0 bridgehead atoms. The van der Waals surface area contributed by atoms with Gasteiger partial charge >= 0.3 is 0 Å². The largest absolute Gasteiger partial charge is 0.348 e. The zero-order valence-corrected chi connectivity index (χ0v) is 16.6. The molecular weight excluding hydrogens is 385 g/mol. The highest BCUT2D eigenvalue weighted by Gasteiger charge is 2.30. The van der Waals surface area contributed by atoms with Gasteiger partial charge in [0.2, 0.25) is 5.91 Å². The van der Waals surface area contributed by atoms with Gasteiger partial charge in [0.05, 0.1) is 18.2 Å². The molecule has 1 fully saturated rings. The van der Waals surface area contributed by atoms with Crippen molar-refractivity contribution in [1.82, 2.24) is 20.5 Å². The van der Waals surface area contributed by atoms with E-state index in [0.29, 0.717) is 33.3 Å². The Hall–Kier alpha value is -3.60. The van der Waals surface area contributed by atoms with Crippen LogP contribution in [0.2, 0.25) is 0 Å². The van der Waals surface area contributed by atoms with Gasteiger partial charge in [-0.15, -0.1) is 5.10 Å². The Kier molecular flexibility index (Phi) is 5.04. The number of carbonyl (C=O) groups excluding carboxylic acids is 1. The first-order valence-corrected chi connectivity index (χ1v) is 9.76. The Labute approximate surface area is 172 Å². The van der Waals surface area contributed by atoms with E-state index in [2.05, 4.69) is 20.5 Å². The van der Waals surface area contributed by atoms with E-state index in [1.165, 1.54) is 12.1 Å². The van der Waals surface area contributed by atoms with E-state index in [4.69, 9.17) is 5.26 Å². The maximum Gasteiger partial charge on any atom is 0.252 e. The predicted molar refractivity (Wildman–Crippen MR) is 108 cm³/mol. The Balaban J connectivity index is 1.61. The van der Waals surface area contributed by atoms with Crippen LogP contribution in [0, 0.1) is 24.1 Å². The number of nitriles is 1. The molecule has 4 rings (SSSR count). The van der Waals surface area contributed by atoms with Crippen LogP contribution in [-0.2, 0) is 11.2 Å². The Bertz CT molecular complexity index is 1240. The fourth-order valence-electron chi connectivity index (χ4n) is 3.77. The fourth-order valence-corrected chi connectivity index (χ4v) is 3.77. The number of pyridine rings is 1. The molecule has 3 aromatic rings. The molecule has 152 valence electrons. The topological polar surface area (TPSA) is 112 Å². The Morgan fingerprint density at radius 1 is 1.33 bits per heavy atom. The van der Waals surface area contributed by atoms with Crippen molar-refractivity contribution in [2.75, 3.05) is 0 Å². The Morgan fingerprint density at radius 2 is 2.10 bits per heavy atom. The molecule has 8 heteroatoms. The summed E-state index contributed by atoms with van der Waals surface area (Å²) in [6, 6.07) is 7.54. The lowest BCUT2D eigenvalue weighted by Gasteiger charge is -2.15. The van der Waals surface area contributed by atoms with E-state index >= 15 is 0 Å². The first kappa shape index (κ1) is 19.7. The number of rotatable bonds is 5. The molecule has 0 radical (unpaired) electrons. The summed E-state index contributed by atoms with van der Waals surface area (Å²) in [5.74, 6) is -0.468. The normalized spacial score (nSPS) is 14.3. The number of fused-ring (bicyclic) bond motifs is 1. The molecule has 1 amide bonds. The maximum absolute atomic E-state index is 14.5. The van der Waals surface area contributed by atoms with Gasteiger partial charge in [0.1, 0.15) is 11.9 Å². The summed E-state index contributed by atoms with van der Waals surface area (Å²) in [4.78, 5) is 28.0. The molecule has 1 atom stereocenters. The van der Waals surface area contributed by atoms with Gasteiger partial charge in [0, 0.05) is 22.0 Å². The zero-order valence-electron chi connectivity index (χ0n) is 16.6. The molecule has 2 aromatic heterocycles. The first-order chi connectivity index (χ1) is 14.4. The van der Waals surface area contributed by atoms with Gasteiger partial charge in [-0.1, -0.05) is 0 Å². The van der Waals surface area contributed by atoms with E-state index in [1.54, 1.807) is 26.0 Å². The maximum atomic E-state index is 14.5. The SMILES string of the molecule is Cc1c(CC(=O)N[C@H](C)c2ccc(C#N)nn2)c(=O)[nH]c2ccc(F)c(C3CC3)c12. The summed E-state index contributed by atoms with van der Waals surface area (Å²) >= 11 is 0. The van der Waals surface area contributed by atoms with E-state index in [-0.39, 0.29) is 35.3 Å². The molecule has 0 aliphatic heterocycles. The lowest BCUT2D eigenvalue weighted by atomic mass is 9.95. The summed E-state index contributed by atoms with van der Waals surface area (Å²) in [7, 11) is 0. The van der Waals surface area contributed by atoms with Gasteiger partial charge in [-0.25, -0.2) is 4.39 Å². The van der Waals surface area contributed by atoms with Crippen LogP contribution < -0.4 is 10.9 Å². The molecule has 0 spiro atoms. The number of amides is 1. The molecule has 1 saturated carbocycles. The third-order valence-electron chi connectivity index (χ3n) is 5.49. The van der Waals surface area contributed by atoms with Crippen molar-refractivity contribution in [1.29, 1.82) is 5.26 Å². The molecular formula is C22H20FN5O2. The van der Waals surface area contributed by atoms with Crippen LogP contribution >= 0.6 is 0 Å². The average molecular weight is 405 g/mol. The van der Waals surface area contributed by atoms with Crippen molar-refractivity contribution in [2.24, 2.45) is 0 Å². The second-order valence-electron chi connectivity index (χ2n) is 7.64. The van der Waals surface area contributed by atoms with Crippen LogP contribution in [0.5, 0.6) is 0 Å². The molecule has 1 aliphatic rings. The van der Waals surface area contributed by atoms with E-state index in [9.17, 15) is 14.0 Å². The van der Waals surface area contributed by atoms with Crippen LogP contribution in [0.3, 0.4) is 0 Å². The monoisotopic (exact) mass is 405 g/mol. The van der Waals surface area contributed by atoms with E-state index in [0.717, 1.165) is 12.8 Å². The molecule has 30 heavy (non-hydrogen) atoms. The lowest BCUT2D eigenvalue weighted by Crippen LogP contribution is -2.31. The van der Waals surface area contributed by atoms with Crippen molar-refractivity contribution in [2.45, 2.75) is 45.1 Å². The second kappa shape index (κ2) is 7.67. The number of halogens is 1. The van der Waals surface area contributed by atoms with E-state index in [1.807, 2.05) is 6.07 Å². The molecule has 7 nitrogen and oxygen atoms in total. The minimum Gasteiger partial charge on any atom is -0.348 e. The van der Waals surface area contributed by atoms with Gasteiger partial charge in [0.15, 0.2) is 5.69 Å². The van der Waals surface area contributed by atoms with Crippen LogP contribution in [0.25, 0.3) is 10.9 Å². The fraction of sp³-hybridized carbons (Fsp3) is 0.318. The summed E-state index contributed by atoms with van der Waals surface area (Å²) in [6.07, 6.45) is 1.72. The number of H-pyrrole nitrogens is 1. The third-order valence-corrected chi connectivity index (χ3v) is 5.49. The molecule has 0 unspecified atom stereocenters. The average Bonchev–Trinajstić information content (AvgIpc) is 3.56. The van der Waals surface area contributed by atoms with Crippen molar-refractivity contribution in [3.8, 4) is 6.07 Å². The van der Waals surface area contributed by atoms with Gasteiger partial charge in [-0.05, 0) is 62.4 Å². The highest BCUT2D eigenvalue weighted by Crippen LogP contribution is 2.45. The number of nitrogens with zero attached hydrogens (tertiary/aromatic N) is 3. The molecule has 2 heterocycles. The van der Waals surface area contributed by atoms with Crippen molar-refractivity contribution in [3.05, 3.63) is 68.5 Å². The number of hydrogen-bond donors (Lipinski definition) is 2. The van der Waals surface area contributed by atoms with Gasteiger partial charge in [-0.2, -0.15) is 10.4 Å². The van der Waals surface area contributed by atoms with Crippen LogP contribution in [0.4, 0.5) is 4.39 Å². The number of nitrogens with one attached hydrogen (secondary N) is 2. The number of hydrogen-bond acceptors (Lipinski definition) is 5. The molecule has 1 aliphatic carbocycles. The number of aromatic amines is 1. The summed E-state index contributed by atoms with van der Waals surface area (Å²) < 4.78 is 14.5. The van der Waals surface area contributed by atoms with Gasteiger partial charge in [-0.3, -0.25) is 9.59 Å². The van der Waals surface area contributed by atoms with Crippen molar-refractivity contribution >= 4 is 16.8 Å². The minimum absolute atomic E-state index is 0.133. The van der Waals surface area contributed by atoms with Crippen molar-refractivity contribution in [3.63, 3.8) is 0 Å². The quantitative estimate of drug-likeness (QED) is 0.678. The molecule has 2 N–H and O–H groups in total. The van der Waals surface area contributed by atoms with Crippen LogP contribution in [0.1, 0.15) is 59.8 Å². The zero-order chi connectivity index (χ0) is 21.4. The second-order valence-corrected chi connectivity index (χ2v) is 7.64. The van der Waals surface area contributed by atoms with E-state index < -0.39 is 6.04 Å². The van der Waals surface area contributed by atoms with Crippen LogP contribution in [0.15, 0.2) is 29.1 Å². The molecule has 1 aromatic carbocycles. The minimum atomic E-state index is -0.447. The standard InChI is InChI=1S/C22H20FN5O2/c1-11-15(9-19(29)25-12(2)17-7-5-14(10-24)27-28-17)22(30)26-18-8-6-16(23)21(20(11)18)13-3-4-13/h5-8,12-13H,3-4,9H2,1-2H3,(H,25,29)(H,26,30)/t12-/m1/s1. The third kappa shape index (κ3) is 3.66. The highest BCUT2D eigenvalue weighted by molar-refractivity contribution is 5.89. The summed E-state index contributed by atoms with van der Waals surface area (Å²) in [5, 5.41) is 20.0. The first-order valence-electron chi connectivity index (χ1n) is 9.76. The lowest BCUT2D eigenvalue weighted by molar-refractivity contribution is -0.121. The predicted octanol–water partition coefficient (Wildman–Crippen LogP) is 2.93. The highest BCUT2D eigenvalue weighted by atomic mass is 19.1. The number of carbonyl (C=O) groups is 1. The smallest absolute Gasteiger partial charge is 0.252 e. The Morgan fingerprint density at radius 3 is 2.73 bits per heavy atom. The van der Waals surface area contributed by atoms with Gasteiger partial charge in [0.25, 0.3) is 5.56 Å². The van der Waals surface area contributed by atoms with Crippen molar-refractivity contribution < 1.29 is 9.18 Å². The van der Waals surface area contributed by atoms with Crippen LogP contribution in [-0.4, -0.2) is 21.1 Å². The number of aromatic nitrogens is 3. The summed E-state index contributed by atoms with van der Waals surface area (Å²) in [6.45, 7) is 3.51. The summed E-state index contributed by atoms with van der Waals surface area (Å²) in [5.41, 5.74) is 2.52. The number of benzene rings is 1.